The van der Waals surface area contributed by atoms with E-state index < -0.39 is 0 Å². The molecule has 1 amide bonds. The molecule has 2 rings (SSSR count). The summed E-state index contributed by atoms with van der Waals surface area (Å²) in [6.07, 6.45) is 0. The van der Waals surface area contributed by atoms with Gasteiger partial charge in [0.15, 0.2) is 5.11 Å². The number of thiocarbonyl (C=S) groups is 1. The summed E-state index contributed by atoms with van der Waals surface area (Å²) < 4.78 is 0.683. The minimum atomic E-state index is -0.379. The van der Waals surface area contributed by atoms with Crippen LogP contribution in [0.2, 0.25) is 0 Å². The number of carbonyl (C=O) groups is 1. The fourth-order valence-corrected chi connectivity index (χ4v) is 2.12. The Bertz CT molecular complexity index is 680. The van der Waals surface area contributed by atoms with Gasteiger partial charge in [-0.05, 0) is 58.6 Å². The quantitative estimate of drug-likeness (QED) is 0.344. The van der Waals surface area contributed by atoms with Gasteiger partial charge in [-0.1, -0.05) is 30.3 Å². The average molecular weight is 427 g/mol. The number of nitrogens with one attached hydrogen (secondary N) is 3. The summed E-state index contributed by atoms with van der Waals surface area (Å²) >= 11 is 7.07. The molecule has 22 heavy (non-hydrogen) atoms. The Morgan fingerprint density at radius 1 is 1.14 bits per heavy atom. The van der Waals surface area contributed by atoms with Gasteiger partial charge in [0.1, 0.15) is 5.75 Å². The van der Waals surface area contributed by atoms with E-state index in [0.717, 1.165) is 5.56 Å². The first-order chi connectivity index (χ1) is 10.6. The van der Waals surface area contributed by atoms with Crippen LogP contribution in [0.15, 0.2) is 48.5 Å². The second-order valence-corrected chi connectivity index (χ2v) is 5.98. The predicted molar refractivity (Wildman–Crippen MR) is 97.3 cm³/mol. The molecule has 7 heteroatoms. The van der Waals surface area contributed by atoms with Gasteiger partial charge in [0.25, 0.3) is 5.91 Å². The summed E-state index contributed by atoms with van der Waals surface area (Å²) in [4.78, 5) is 11.9. The smallest absolute Gasteiger partial charge is 0.269 e. The molecule has 5 nitrogen and oxygen atoms in total. The number of carbonyl (C=O) groups excluding carboxylic acids is 1. The van der Waals surface area contributed by atoms with Crippen molar-refractivity contribution in [2.45, 2.75) is 6.54 Å². The van der Waals surface area contributed by atoms with Gasteiger partial charge in [0.05, 0.1) is 3.57 Å². The van der Waals surface area contributed by atoms with Crippen molar-refractivity contribution in [3.8, 4) is 5.75 Å². The molecule has 0 saturated heterocycles. The van der Waals surface area contributed by atoms with Gasteiger partial charge in [0.2, 0.25) is 0 Å². The molecular formula is C15H14IN3O2S. The van der Waals surface area contributed by atoms with E-state index in [1.807, 2.05) is 52.9 Å². The van der Waals surface area contributed by atoms with Crippen molar-refractivity contribution >= 4 is 45.8 Å². The van der Waals surface area contributed by atoms with Crippen LogP contribution in [0.3, 0.4) is 0 Å². The highest BCUT2D eigenvalue weighted by Gasteiger charge is 2.08. The Labute approximate surface area is 147 Å². The maximum absolute atomic E-state index is 11.9. The fraction of sp³-hybridized carbons (Fsp3) is 0.0667. The number of hydrogen-bond acceptors (Lipinski definition) is 3. The largest absolute Gasteiger partial charge is 0.507 e. The molecule has 114 valence electrons. The van der Waals surface area contributed by atoms with Gasteiger partial charge in [-0.3, -0.25) is 15.6 Å². The van der Waals surface area contributed by atoms with Crippen LogP contribution in [0.5, 0.6) is 5.75 Å². The van der Waals surface area contributed by atoms with Crippen LogP contribution in [-0.4, -0.2) is 16.1 Å². The van der Waals surface area contributed by atoms with Crippen LogP contribution >= 0.6 is 34.8 Å². The number of hydrazine groups is 1. The molecule has 2 aromatic rings. The minimum Gasteiger partial charge on any atom is -0.507 e. The fourth-order valence-electron chi connectivity index (χ4n) is 1.66. The van der Waals surface area contributed by atoms with Crippen molar-refractivity contribution in [2.24, 2.45) is 0 Å². The first-order valence-corrected chi connectivity index (χ1v) is 7.91. The van der Waals surface area contributed by atoms with Crippen LogP contribution in [0.4, 0.5) is 0 Å². The van der Waals surface area contributed by atoms with Crippen molar-refractivity contribution in [1.82, 2.24) is 16.2 Å². The summed E-state index contributed by atoms with van der Waals surface area (Å²) in [6.45, 7) is 0.562. The SMILES string of the molecule is O=C(NNC(=S)NCc1ccccc1)c1ccc(I)c(O)c1. The molecule has 0 aliphatic heterocycles. The van der Waals surface area contributed by atoms with E-state index in [1.54, 1.807) is 12.1 Å². The third-order valence-electron chi connectivity index (χ3n) is 2.79. The highest BCUT2D eigenvalue weighted by atomic mass is 127. The Hall–Kier alpha value is -1.87. The summed E-state index contributed by atoms with van der Waals surface area (Å²) in [6, 6.07) is 14.5. The lowest BCUT2D eigenvalue weighted by molar-refractivity contribution is 0.0943. The molecular weight excluding hydrogens is 413 g/mol. The Balaban J connectivity index is 1.80. The monoisotopic (exact) mass is 427 g/mol. The van der Waals surface area contributed by atoms with Crippen LogP contribution in [-0.2, 0) is 6.54 Å². The zero-order valence-corrected chi connectivity index (χ0v) is 14.4. The predicted octanol–water partition coefficient (Wildman–Crippen LogP) is 2.31. The third-order valence-corrected chi connectivity index (χ3v) is 3.95. The first kappa shape index (κ1) is 16.5. The summed E-state index contributed by atoms with van der Waals surface area (Å²) in [7, 11) is 0. The van der Waals surface area contributed by atoms with E-state index in [-0.39, 0.29) is 11.7 Å². The summed E-state index contributed by atoms with van der Waals surface area (Å²) in [5.41, 5.74) is 6.53. The van der Waals surface area contributed by atoms with Crippen LogP contribution in [0.1, 0.15) is 15.9 Å². The lowest BCUT2D eigenvalue weighted by Crippen LogP contribution is -2.46. The second-order valence-electron chi connectivity index (χ2n) is 4.41. The normalized spacial score (nSPS) is 9.86. The van der Waals surface area contributed by atoms with E-state index in [4.69, 9.17) is 12.2 Å². The number of halogens is 1. The lowest BCUT2D eigenvalue weighted by atomic mass is 10.2. The molecule has 0 aromatic heterocycles. The zero-order chi connectivity index (χ0) is 15.9. The Morgan fingerprint density at radius 2 is 1.86 bits per heavy atom. The molecule has 0 aliphatic carbocycles. The number of aromatic hydroxyl groups is 1. The van der Waals surface area contributed by atoms with Crippen molar-refractivity contribution in [3.05, 3.63) is 63.2 Å². The van der Waals surface area contributed by atoms with Crippen molar-refractivity contribution < 1.29 is 9.90 Å². The zero-order valence-electron chi connectivity index (χ0n) is 11.5. The molecule has 0 atom stereocenters. The molecule has 0 saturated carbocycles. The van der Waals surface area contributed by atoms with Crippen LogP contribution in [0.25, 0.3) is 0 Å². The van der Waals surface area contributed by atoms with Crippen LogP contribution < -0.4 is 16.2 Å². The van der Waals surface area contributed by atoms with E-state index >= 15 is 0 Å². The molecule has 2 aromatic carbocycles. The van der Waals surface area contributed by atoms with E-state index in [2.05, 4.69) is 16.2 Å². The number of amides is 1. The van der Waals surface area contributed by atoms with E-state index in [9.17, 15) is 9.90 Å². The van der Waals surface area contributed by atoms with E-state index in [1.165, 1.54) is 6.07 Å². The molecule has 0 spiro atoms. The topological polar surface area (TPSA) is 73.4 Å². The maximum Gasteiger partial charge on any atom is 0.269 e. The molecule has 0 unspecified atom stereocenters. The lowest BCUT2D eigenvalue weighted by Gasteiger charge is -2.12. The average Bonchev–Trinajstić information content (AvgIpc) is 2.54. The molecule has 0 bridgehead atoms. The van der Waals surface area contributed by atoms with Crippen LogP contribution in [0, 0.1) is 3.57 Å². The maximum atomic E-state index is 11.9. The highest BCUT2D eigenvalue weighted by molar-refractivity contribution is 14.1. The number of phenolic OH excluding ortho intramolecular Hbond substituents is 1. The molecule has 0 aliphatic rings. The number of phenols is 1. The Morgan fingerprint density at radius 3 is 2.55 bits per heavy atom. The minimum absolute atomic E-state index is 0.0676. The van der Waals surface area contributed by atoms with Crippen molar-refractivity contribution in [1.29, 1.82) is 0 Å². The third kappa shape index (κ3) is 4.85. The number of rotatable bonds is 3. The standard InChI is InChI=1S/C15H14IN3O2S/c16-12-7-6-11(8-13(12)20)14(21)18-19-15(22)17-9-10-4-2-1-3-5-10/h1-8,20H,9H2,(H,18,21)(H2,17,19,22). The molecule has 0 fully saturated rings. The molecule has 0 radical (unpaired) electrons. The number of hydrogen-bond donors (Lipinski definition) is 4. The summed E-state index contributed by atoms with van der Waals surface area (Å²) in [5, 5.41) is 12.9. The second kappa shape index (κ2) is 7.95. The molecule has 0 heterocycles. The van der Waals surface area contributed by atoms with Gasteiger partial charge in [-0.25, -0.2) is 0 Å². The highest BCUT2D eigenvalue weighted by Crippen LogP contribution is 2.20. The van der Waals surface area contributed by atoms with E-state index in [0.29, 0.717) is 20.8 Å². The van der Waals surface area contributed by atoms with Gasteiger partial charge in [0, 0.05) is 12.1 Å². The van der Waals surface area contributed by atoms with Crippen molar-refractivity contribution in [2.75, 3.05) is 0 Å². The summed E-state index contributed by atoms with van der Waals surface area (Å²) in [5.74, 6) is -0.311. The van der Waals surface area contributed by atoms with Gasteiger partial charge >= 0.3 is 0 Å². The van der Waals surface area contributed by atoms with Gasteiger partial charge < -0.3 is 10.4 Å². The van der Waals surface area contributed by atoms with Gasteiger partial charge in [-0.15, -0.1) is 0 Å². The Kier molecular flexibility index (Phi) is 5.96. The van der Waals surface area contributed by atoms with Gasteiger partial charge in [-0.2, -0.15) is 0 Å². The number of benzene rings is 2. The first-order valence-electron chi connectivity index (χ1n) is 6.43. The molecule has 4 N–H and O–H groups in total. The van der Waals surface area contributed by atoms with Crippen molar-refractivity contribution in [3.63, 3.8) is 0 Å².